The van der Waals surface area contributed by atoms with Crippen LogP contribution in [0.3, 0.4) is 0 Å². The Morgan fingerprint density at radius 2 is 2.00 bits per heavy atom. The second-order valence-corrected chi connectivity index (χ2v) is 3.20. The van der Waals surface area contributed by atoms with Crippen LogP contribution in [0.5, 0.6) is 0 Å². The van der Waals surface area contributed by atoms with E-state index in [-0.39, 0.29) is 5.78 Å². The van der Waals surface area contributed by atoms with Gasteiger partial charge in [0, 0.05) is 30.7 Å². The van der Waals surface area contributed by atoms with Crippen molar-refractivity contribution in [3.63, 3.8) is 0 Å². The van der Waals surface area contributed by atoms with Gasteiger partial charge in [0.25, 0.3) is 0 Å². The Hall–Kier alpha value is -2.14. The van der Waals surface area contributed by atoms with Crippen molar-refractivity contribution in [3.05, 3.63) is 53.9 Å². The number of nitrogens with zero attached hydrogens (tertiary/aromatic N) is 3. The molecule has 0 amide bonds. The predicted molar refractivity (Wildman–Crippen MR) is 57.6 cm³/mol. The van der Waals surface area contributed by atoms with Gasteiger partial charge in [-0.15, -0.1) is 0 Å². The molecule has 0 spiro atoms. The smallest absolute Gasteiger partial charge is 0.196 e. The predicted octanol–water partition coefficient (Wildman–Crippen LogP) is 0.561. The van der Waals surface area contributed by atoms with Crippen LogP contribution in [0.1, 0.15) is 21.6 Å². The van der Waals surface area contributed by atoms with Crippen LogP contribution in [0.2, 0.25) is 0 Å². The fraction of sp³-hybridized carbons (Fsp3) is 0.0909. The Bertz CT molecular complexity index is 498. The topological polar surface area (TPSA) is 81.8 Å². The number of ketones is 1. The Labute approximate surface area is 92.4 Å². The number of pyridine rings is 1. The monoisotopic (exact) mass is 214 g/mol. The van der Waals surface area contributed by atoms with Crippen molar-refractivity contribution in [2.24, 2.45) is 5.73 Å². The third-order valence-corrected chi connectivity index (χ3v) is 2.11. The zero-order valence-corrected chi connectivity index (χ0v) is 8.50. The normalized spacial score (nSPS) is 10.1. The van der Waals surface area contributed by atoms with Gasteiger partial charge in [-0.1, -0.05) is 0 Å². The maximum absolute atomic E-state index is 12.0. The molecule has 0 radical (unpaired) electrons. The van der Waals surface area contributed by atoms with Gasteiger partial charge in [0.15, 0.2) is 5.78 Å². The lowest BCUT2D eigenvalue weighted by Crippen LogP contribution is -2.06. The summed E-state index contributed by atoms with van der Waals surface area (Å²) in [4.78, 5) is 23.6. The summed E-state index contributed by atoms with van der Waals surface area (Å²) in [7, 11) is 0. The number of nitrogens with two attached hydrogens (primary N) is 1. The summed E-state index contributed by atoms with van der Waals surface area (Å²) in [5, 5.41) is 0. The van der Waals surface area contributed by atoms with Crippen LogP contribution in [0.4, 0.5) is 0 Å². The molecule has 5 heteroatoms. The minimum Gasteiger partial charge on any atom is -0.325 e. The van der Waals surface area contributed by atoms with Crippen LogP contribution in [0, 0.1) is 0 Å². The largest absolute Gasteiger partial charge is 0.325 e. The number of aromatic nitrogens is 3. The first-order valence-corrected chi connectivity index (χ1v) is 4.76. The highest BCUT2D eigenvalue weighted by molar-refractivity contribution is 6.08. The molecule has 2 heterocycles. The summed E-state index contributed by atoms with van der Waals surface area (Å²) >= 11 is 0. The minimum absolute atomic E-state index is 0.127. The SMILES string of the molecule is NCc1cc(C(=O)c2cncnc2)ccn1. The summed E-state index contributed by atoms with van der Waals surface area (Å²) in [6, 6.07) is 3.32. The Balaban J connectivity index is 2.34. The van der Waals surface area contributed by atoms with E-state index >= 15 is 0 Å². The van der Waals surface area contributed by atoms with Crippen molar-refractivity contribution in [3.8, 4) is 0 Å². The van der Waals surface area contributed by atoms with E-state index in [1.54, 1.807) is 18.3 Å². The summed E-state index contributed by atoms with van der Waals surface area (Å²) in [6.07, 6.45) is 5.92. The maximum Gasteiger partial charge on any atom is 0.196 e. The van der Waals surface area contributed by atoms with Gasteiger partial charge in [-0.25, -0.2) is 9.97 Å². The van der Waals surface area contributed by atoms with Gasteiger partial charge in [0.1, 0.15) is 6.33 Å². The Kier molecular flexibility index (Phi) is 2.98. The van der Waals surface area contributed by atoms with Gasteiger partial charge in [-0.3, -0.25) is 9.78 Å². The molecule has 0 atom stereocenters. The van der Waals surface area contributed by atoms with Gasteiger partial charge in [0.05, 0.1) is 11.3 Å². The Morgan fingerprint density at radius 1 is 1.25 bits per heavy atom. The zero-order valence-electron chi connectivity index (χ0n) is 8.50. The van der Waals surface area contributed by atoms with Crippen LogP contribution in [0.15, 0.2) is 37.1 Å². The lowest BCUT2D eigenvalue weighted by molar-refractivity contribution is 0.103. The molecule has 2 rings (SSSR count). The second kappa shape index (κ2) is 4.59. The molecule has 16 heavy (non-hydrogen) atoms. The maximum atomic E-state index is 12.0. The average molecular weight is 214 g/mol. The molecule has 2 N–H and O–H groups in total. The Morgan fingerprint density at radius 3 is 2.69 bits per heavy atom. The van der Waals surface area contributed by atoms with Crippen molar-refractivity contribution >= 4 is 5.78 Å². The molecule has 0 unspecified atom stereocenters. The molecule has 0 aromatic carbocycles. The fourth-order valence-electron chi connectivity index (χ4n) is 1.31. The summed E-state index contributed by atoms with van der Waals surface area (Å²) < 4.78 is 0. The van der Waals surface area contributed by atoms with E-state index in [1.807, 2.05) is 0 Å². The highest BCUT2D eigenvalue weighted by Gasteiger charge is 2.09. The second-order valence-electron chi connectivity index (χ2n) is 3.20. The minimum atomic E-state index is -0.127. The summed E-state index contributed by atoms with van der Waals surface area (Å²) in [6.45, 7) is 0.312. The van der Waals surface area contributed by atoms with E-state index in [9.17, 15) is 4.79 Å². The van der Waals surface area contributed by atoms with Crippen LogP contribution < -0.4 is 5.73 Å². The molecule has 0 saturated heterocycles. The van der Waals surface area contributed by atoms with Crippen LogP contribution in [-0.2, 0) is 6.54 Å². The van der Waals surface area contributed by atoms with Crippen LogP contribution in [-0.4, -0.2) is 20.7 Å². The number of hydrogen-bond acceptors (Lipinski definition) is 5. The van der Waals surface area contributed by atoms with Gasteiger partial charge in [-0.2, -0.15) is 0 Å². The molecule has 0 aliphatic carbocycles. The molecule has 2 aromatic heterocycles. The number of rotatable bonds is 3. The van der Waals surface area contributed by atoms with Crippen molar-refractivity contribution in [1.29, 1.82) is 0 Å². The molecule has 0 aliphatic rings. The van der Waals surface area contributed by atoms with E-state index < -0.39 is 0 Å². The highest BCUT2D eigenvalue weighted by atomic mass is 16.1. The van der Waals surface area contributed by atoms with Crippen molar-refractivity contribution in [2.75, 3.05) is 0 Å². The van der Waals surface area contributed by atoms with Gasteiger partial charge in [-0.05, 0) is 12.1 Å². The first-order valence-electron chi connectivity index (χ1n) is 4.76. The van der Waals surface area contributed by atoms with Crippen molar-refractivity contribution in [2.45, 2.75) is 6.54 Å². The van der Waals surface area contributed by atoms with Crippen molar-refractivity contribution in [1.82, 2.24) is 15.0 Å². The van der Waals surface area contributed by atoms with Crippen LogP contribution >= 0.6 is 0 Å². The van der Waals surface area contributed by atoms with E-state index in [2.05, 4.69) is 15.0 Å². The van der Waals surface area contributed by atoms with E-state index in [4.69, 9.17) is 5.73 Å². The molecule has 2 aromatic rings. The quantitative estimate of drug-likeness (QED) is 0.755. The van der Waals surface area contributed by atoms with Gasteiger partial charge < -0.3 is 5.73 Å². The van der Waals surface area contributed by atoms with Crippen molar-refractivity contribution < 1.29 is 4.79 Å². The first kappa shape index (κ1) is 10.4. The first-order chi connectivity index (χ1) is 7.81. The lowest BCUT2D eigenvalue weighted by Gasteiger charge is -2.01. The molecule has 0 bridgehead atoms. The zero-order chi connectivity index (χ0) is 11.4. The molecule has 0 saturated carbocycles. The molecular formula is C11H10N4O. The summed E-state index contributed by atoms with van der Waals surface area (Å²) in [5.74, 6) is -0.127. The van der Waals surface area contributed by atoms with E-state index in [1.165, 1.54) is 18.7 Å². The molecule has 80 valence electrons. The molecule has 0 aliphatic heterocycles. The summed E-state index contributed by atoms with van der Waals surface area (Å²) in [5.41, 5.74) is 7.14. The average Bonchev–Trinajstić information content (AvgIpc) is 2.39. The van der Waals surface area contributed by atoms with E-state index in [0.717, 1.165) is 0 Å². The van der Waals surface area contributed by atoms with Crippen LogP contribution in [0.25, 0.3) is 0 Å². The number of carbonyl (C=O) groups excluding carboxylic acids is 1. The van der Waals surface area contributed by atoms with Gasteiger partial charge >= 0.3 is 0 Å². The van der Waals surface area contributed by atoms with E-state index in [0.29, 0.717) is 23.4 Å². The molecule has 0 fully saturated rings. The van der Waals surface area contributed by atoms with Gasteiger partial charge in [0.2, 0.25) is 0 Å². The molecule has 5 nitrogen and oxygen atoms in total. The third-order valence-electron chi connectivity index (χ3n) is 2.11. The third kappa shape index (κ3) is 2.09. The highest BCUT2D eigenvalue weighted by Crippen LogP contribution is 2.08. The fourth-order valence-corrected chi connectivity index (χ4v) is 1.31. The standard InChI is InChI=1S/C11H10N4O/c12-4-10-3-8(1-2-15-10)11(16)9-5-13-7-14-6-9/h1-3,5-7H,4,12H2. The number of hydrogen-bond donors (Lipinski definition) is 1. The number of carbonyl (C=O) groups is 1. The lowest BCUT2D eigenvalue weighted by atomic mass is 10.1. The molecular weight excluding hydrogens is 204 g/mol.